The van der Waals surface area contributed by atoms with Gasteiger partial charge in [0.1, 0.15) is 5.82 Å². The minimum absolute atomic E-state index is 0. The molecule has 0 aliphatic carbocycles. The number of aromatic nitrogens is 1. The monoisotopic (exact) mass is 475 g/mol. The predicted molar refractivity (Wildman–Crippen MR) is 120 cm³/mol. The van der Waals surface area contributed by atoms with Crippen molar-refractivity contribution in [2.75, 3.05) is 37.7 Å². The van der Waals surface area contributed by atoms with Crippen LogP contribution in [-0.2, 0) is 11.3 Å². The zero-order valence-corrected chi connectivity index (χ0v) is 18.7. The Bertz CT molecular complexity index is 540. The molecule has 2 N–H and O–H groups in total. The van der Waals surface area contributed by atoms with Gasteiger partial charge in [-0.25, -0.2) is 9.98 Å². The molecule has 6 nitrogen and oxygen atoms in total. The Morgan fingerprint density at radius 1 is 1.35 bits per heavy atom. The van der Waals surface area contributed by atoms with Gasteiger partial charge in [0.25, 0.3) is 0 Å². The minimum atomic E-state index is 0. The van der Waals surface area contributed by atoms with E-state index >= 15 is 0 Å². The number of hydrogen-bond acceptors (Lipinski definition) is 4. The van der Waals surface area contributed by atoms with E-state index in [9.17, 15) is 0 Å². The molecule has 7 heteroatoms. The largest absolute Gasteiger partial charge is 0.375 e. The van der Waals surface area contributed by atoms with Gasteiger partial charge in [-0.2, -0.15) is 0 Å². The Morgan fingerprint density at radius 3 is 2.92 bits per heavy atom. The van der Waals surface area contributed by atoms with E-state index in [4.69, 9.17) is 9.73 Å². The van der Waals surface area contributed by atoms with Gasteiger partial charge in [0.05, 0.1) is 19.3 Å². The summed E-state index contributed by atoms with van der Waals surface area (Å²) in [6, 6.07) is 4.18. The summed E-state index contributed by atoms with van der Waals surface area (Å²) in [6.07, 6.45) is 5.79. The van der Waals surface area contributed by atoms with E-state index in [1.165, 1.54) is 24.8 Å². The molecule has 148 valence electrons. The summed E-state index contributed by atoms with van der Waals surface area (Å²) in [5.74, 6) is 1.90. The normalized spacial score (nSPS) is 17.6. The molecule has 0 bridgehead atoms. The molecule has 0 radical (unpaired) electrons. The molecule has 0 aromatic carbocycles. The predicted octanol–water partition coefficient (Wildman–Crippen LogP) is 3.17. The molecule has 1 aromatic rings. The van der Waals surface area contributed by atoms with Crippen LogP contribution in [-0.4, -0.2) is 49.8 Å². The van der Waals surface area contributed by atoms with Gasteiger partial charge in [0.2, 0.25) is 0 Å². The number of guanidine groups is 1. The first-order valence-corrected chi connectivity index (χ1v) is 9.56. The molecule has 2 heterocycles. The summed E-state index contributed by atoms with van der Waals surface area (Å²) in [5, 5.41) is 6.72. The fourth-order valence-corrected chi connectivity index (χ4v) is 2.85. The van der Waals surface area contributed by atoms with Crippen molar-refractivity contribution in [3.8, 4) is 0 Å². The molecule has 1 saturated heterocycles. The maximum atomic E-state index is 5.61. The van der Waals surface area contributed by atoms with E-state index in [1.54, 1.807) is 0 Å². The van der Waals surface area contributed by atoms with Crippen molar-refractivity contribution < 1.29 is 4.74 Å². The highest BCUT2D eigenvalue weighted by Gasteiger charge is 2.17. The van der Waals surface area contributed by atoms with E-state index in [2.05, 4.69) is 47.4 Å². The van der Waals surface area contributed by atoms with E-state index in [1.807, 2.05) is 12.3 Å². The summed E-state index contributed by atoms with van der Waals surface area (Å²) < 4.78 is 5.61. The van der Waals surface area contributed by atoms with Crippen LogP contribution in [0.3, 0.4) is 0 Å². The molecule has 1 aliphatic rings. The third-order valence-corrected chi connectivity index (χ3v) is 4.21. The summed E-state index contributed by atoms with van der Waals surface area (Å²) in [7, 11) is 0. The van der Waals surface area contributed by atoms with Crippen LogP contribution in [0.2, 0.25) is 0 Å². The summed E-state index contributed by atoms with van der Waals surface area (Å²) in [6.45, 7) is 11.4. The van der Waals surface area contributed by atoms with E-state index < -0.39 is 0 Å². The van der Waals surface area contributed by atoms with Crippen LogP contribution >= 0.6 is 24.0 Å². The van der Waals surface area contributed by atoms with Crippen molar-refractivity contribution in [1.29, 1.82) is 0 Å². The fourth-order valence-electron chi connectivity index (χ4n) is 2.85. The lowest BCUT2D eigenvalue weighted by atomic mass is 10.2. The third kappa shape index (κ3) is 8.07. The van der Waals surface area contributed by atoms with E-state index in [0.29, 0.717) is 6.54 Å². The fraction of sp³-hybridized carbons (Fsp3) is 0.684. The molecular weight excluding hydrogens is 441 g/mol. The number of unbranched alkanes of at least 4 members (excludes halogenated alkanes) is 2. The average Bonchev–Trinajstić information content (AvgIpc) is 2.63. The molecule has 1 atom stereocenters. The highest BCUT2D eigenvalue weighted by molar-refractivity contribution is 14.0. The summed E-state index contributed by atoms with van der Waals surface area (Å²) >= 11 is 0. The van der Waals surface area contributed by atoms with Crippen molar-refractivity contribution in [2.24, 2.45) is 4.99 Å². The van der Waals surface area contributed by atoms with Crippen LogP contribution in [0.15, 0.2) is 23.3 Å². The molecule has 26 heavy (non-hydrogen) atoms. The zero-order valence-electron chi connectivity index (χ0n) is 16.3. The maximum absolute atomic E-state index is 5.61. The number of nitrogens with one attached hydrogen (secondary N) is 2. The van der Waals surface area contributed by atoms with Crippen LogP contribution in [0.1, 0.15) is 45.6 Å². The van der Waals surface area contributed by atoms with Crippen LogP contribution in [0, 0.1) is 0 Å². The number of aliphatic imine (C=N–C) groups is 1. The third-order valence-electron chi connectivity index (χ3n) is 4.21. The first-order chi connectivity index (χ1) is 12.2. The molecule has 1 unspecified atom stereocenters. The standard InChI is InChI=1S/C19H33N5O.HI/c1-4-6-7-9-22-19(20-5-2)23-14-17-8-10-21-18(13-17)24-11-12-25-16(3)15-24;/h8,10,13,16H,4-7,9,11-12,14-15H2,1-3H3,(H2,20,22,23);1H. The van der Waals surface area contributed by atoms with Gasteiger partial charge in [0.15, 0.2) is 5.96 Å². The van der Waals surface area contributed by atoms with Crippen LogP contribution < -0.4 is 15.5 Å². The molecule has 1 aromatic heterocycles. The number of morpholine rings is 1. The maximum Gasteiger partial charge on any atom is 0.191 e. The number of anilines is 1. The number of hydrogen-bond donors (Lipinski definition) is 2. The lowest BCUT2D eigenvalue weighted by Crippen LogP contribution is -2.41. The van der Waals surface area contributed by atoms with Crippen LogP contribution in [0.4, 0.5) is 5.82 Å². The number of rotatable bonds is 8. The van der Waals surface area contributed by atoms with Gasteiger partial charge in [-0.15, -0.1) is 24.0 Å². The SMILES string of the molecule is CCCCCNC(=NCc1ccnc(N2CCOC(C)C2)c1)NCC.I. The number of nitrogens with zero attached hydrogens (tertiary/aromatic N) is 3. The van der Waals surface area contributed by atoms with E-state index in [-0.39, 0.29) is 30.1 Å². The second kappa shape index (κ2) is 13.1. The number of ether oxygens (including phenoxy) is 1. The van der Waals surface area contributed by atoms with Crippen LogP contribution in [0.25, 0.3) is 0 Å². The highest BCUT2D eigenvalue weighted by Crippen LogP contribution is 2.16. The van der Waals surface area contributed by atoms with Crippen molar-refractivity contribution >= 4 is 35.8 Å². The van der Waals surface area contributed by atoms with Gasteiger partial charge >= 0.3 is 0 Å². The lowest BCUT2D eigenvalue weighted by Gasteiger charge is -2.32. The quantitative estimate of drug-likeness (QED) is 0.262. The van der Waals surface area contributed by atoms with Gasteiger partial charge in [0, 0.05) is 32.4 Å². The summed E-state index contributed by atoms with van der Waals surface area (Å²) in [4.78, 5) is 11.5. The average molecular weight is 475 g/mol. The highest BCUT2D eigenvalue weighted by atomic mass is 127. The van der Waals surface area contributed by atoms with E-state index in [0.717, 1.165) is 44.6 Å². The van der Waals surface area contributed by atoms with Crippen molar-refractivity contribution in [2.45, 2.75) is 52.7 Å². The topological polar surface area (TPSA) is 61.8 Å². The first kappa shape index (κ1) is 23.0. The molecule has 1 aliphatic heterocycles. The van der Waals surface area contributed by atoms with Crippen molar-refractivity contribution in [3.63, 3.8) is 0 Å². The first-order valence-electron chi connectivity index (χ1n) is 9.56. The molecule has 0 amide bonds. The van der Waals surface area contributed by atoms with Gasteiger partial charge in [-0.3, -0.25) is 0 Å². The Labute approximate surface area is 175 Å². The lowest BCUT2D eigenvalue weighted by molar-refractivity contribution is 0.0529. The van der Waals surface area contributed by atoms with Crippen LogP contribution in [0.5, 0.6) is 0 Å². The van der Waals surface area contributed by atoms with Gasteiger partial charge < -0.3 is 20.3 Å². The minimum Gasteiger partial charge on any atom is -0.375 e. The molecule has 0 saturated carbocycles. The van der Waals surface area contributed by atoms with Crippen molar-refractivity contribution in [1.82, 2.24) is 15.6 Å². The molecule has 1 fully saturated rings. The van der Waals surface area contributed by atoms with Crippen molar-refractivity contribution in [3.05, 3.63) is 23.9 Å². The van der Waals surface area contributed by atoms with Gasteiger partial charge in [-0.05, 0) is 38.0 Å². The Kier molecular flexibility index (Phi) is 11.6. The number of pyridine rings is 1. The molecule has 0 spiro atoms. The molecule has 2 rings (SSSR count). The Balaban J connectivity index is 0.00000338. The Morgan fingerprint density at radius 2 is 2.19 bits per heavy atom. The second-order valence-corrected chi connectivity index (χ2v) is 6.48. The second-order valence-electron chi connectivity index (χ2n) is 6.48. The van der Waals surface area contributed by atoms with Gasteiger partial charge in [-0.1, -0.05) is 19.8 Å². The number of halogens is 1. The zero-order chi connectivity index (χ0) is 17.9. The molecular formula is C19H34IN5O. The smallest absolute Gasteiger partial charge is 0.191 e. The Hall–Kier alpha value is -1.09. The summed E-state index contributed by atoms with van der Waals surface area (Å²) in [5.41, 5.74) is 1.18.